The summed E-state index contributed by atoms with van der Waals surface area (Å²) in [5, 5.41) is 5.94. The molecule has 2 aromatic heterocycles. The Morgan fingerprint density at radius 3 is 2.67 bits per heavy atom. The number of nitrogens with one attached hydrogen (secondary N) is 1. The third kappa shape index (κ3) is 2.65. The van der Waals surface area contributed by atoms with Gasteiger partial charge in [0.15, 0.2) is 5.82 Å². The maximum atomic E-state index is 5.95. The molecule has 0 aliphatic rings. The van der Waals surface area contributed by atoms with E-state index in [1.165, 1.54) is 5.56 Å². The maximum absolute atomic E-state index is 5.95. The Morgan fingerprint density at radius 1 is 1.33 bits per heavy atom. The Morgan fingerprint density at radius 2 is 2.11 bits per heavy atom. The summed E-state index contributed by atoms with van der Waals surface area (Å²) in [7, 11) is 0. The van der Waals surface area contributed by atoms with Crippen molar-refractivity contribution < 1.29 is 0 Å². The van der Waals surface area contributed by atoms with Gasteiger partial charge in [0.2, 0.25) is 0 Å². The van der Waals surface area contributed by atoms with Gasteiger partial charge in [-0.3, -0.25) is 0 Å². The van der Waals surface area contributed by atoms with Gasteiger partial charge >= 0.3 is 0 Å². The van der Waals surface area contributed by atoms with Gasteiger partial charge in [0.05, 0.1) is 9.90 Å². The van der Waals surface area contributed by atoms with Gasteiger partial charge in [-0.1, -0.05) is 18.5 Å². The molecule has 0 spiro atoms. The van der Waals surface area contributed by atoms with Crippen molar-refractivity contribution in [1.29, 1.82) is 0 Å². The van der Waals surface area contributed by atoms with Gasteiger partial charge < -0.3 is 5.32 Å². The fourth-order valence-electron chi connectivity index (χ4n) is 1.87. The van der Waals surface area contributed by atoms with Crippen molar-refractivity contribution in [3.63, 3.8) is 0 Å². The molecule has 3 nitrogen and oxygen atoms in total. The van der Waals surface area contributed by atoms with E-state index in [-0.39, 0.29) is 0 Å². The van der Waals surface area contributed by atoms with E-state index < -0.39 is 0 Å². The summed E-state index contributed by atoms with van der Waals surface area (Å²) in [5.41, 5.74) is 2.21. The lowest BCUT2D eigenvalue weighted by atomic mass is 10.1. The summed E-state index contributed by atoms with van der Waals surface area (Å²) in [4.78, 5) is 10.2. The quantitative estimate of drug-likeness (QED) is 0.914. The van der Waals surface area contributed by atoms with Gasteiger partial charge in [-0.15, -0.1) is 11.3 Å². The summed E-state index contributed by atoms with van der Waals surface area (Å²) in [6.45, 7) is 7.07. The molecule has 18 heavy (non-hydrogen) atoms. The average molecular weight is 282 g/mol. The lowest BCUT2D eigenvalue weighted by molar-refractivity contribution is 0.991. The van der Waals surface area contributed by atoms with Crippen LogP contribution in [0.2, 0.25) is 5.02 Å². The lowest BCUT2D eigenvalue weighted by Crippen LogP contribution is -2.07. The molecule has 0 radical (unpaired) electrons. The second-order valence-electron chi connectivity index (χ2n) is 3.97. The molecular weight excluding hydrogens is 266 g/mol. The maximum Gasteiger partial charge on any atom is 0.171 e. The number of nitrogens with zero attached hydrogens (tertiary/aromatic N) is 2. The molecule has 0 aliphatic heterocycles. The van der Waals surface area contributed by atoms with E-state index >= 15 is 0 Å². The molecule has 0 saturated heterocycles. The van der Waals surface area contributed by atoms with Crippen LogP contribution >= 0.6 is 22.9 Å². The fourth-order valence-corrected chi connectivity index (χ4v) is 2.88. The van der Waals surface area contributed by atoms with Crippen LogP contribution < -0.4 is 5.32 Å². The van der Waals surface area contributed by atoms with Crippen LogP contribution in [-0.2, 0) is 6.42 Å². The van der Waals surface area contributed by atoms with E-state index in [9.17, 15) is 0 Å². The van der Waals surface area contributed by atoms with Crippen molar-refractivity contribution >= 4 is 28.8 Å². The second-order valence-corrected chi connectivity index (χ2v) is 5.32. The molecule has 0 fully saturated rings. The number of anilines is 1. The first-order chi connectivity index (χ1) is 8.65. The Bertz CT molecular complexity index is 551. The summed E-state index contributed by atoms with van der Waals surface area (Å²) in [5.74, 6) is 1.68. The normalized spacial score (nSPS) is 10.7. The van der Waals surface area contributed by atoms with Crippen LogP contribution in [0.4, 0.5) is 5.82 Å². The molecule has 2 aromatic rings. The minimum Gasteiger partial charge on any atom is -0.370 e. The highest BCUT2D eigenvalue weighted by Gasteiger charge is 2.12. The molecule has 2 heterocycles. The monoisotopic (exact) mass is 281 g/mol. The van der Waals surface area contributed by atoms with E-state index in [0.29, 0.717) is 0 Å². The minimum absolute atomic E-state index is 0.737. The predicted molar refractivity (Wildman–Crippen MR) is 78.6 cm³/mol. The van der Waals surface area contributed by atoms with Crippen molar-refractivity contribution in [3.8, 4) is 10.7 Å². The molecule has 5 heteroatoms. The smallest absolute Gasteiger partial charge is 0.171 e. The number of rotatable bonds is 4. The van der Waals surface area contributed by atoms with Crippen LogP contribution in [0, 0.1) is 6.92 Å². The molecule has 0 aromatic carbocycles. The van der Waals surface area contributed by atoms with E-state index in [2.05, 4.69) is 29.1 Å². The van der Waals surface area contributed by atoms with Gasteiger partial charge in [0, 0.05) is 23.2 Å². The van der Waals surface area contributed by atoms with Crippen LogP contribution in [-0.4, -0.2) is 16.5 Å². The molecule has 2 rings (SSSR count). The first-order valence-electron chi connectivity index (χ1n) is 6.01. The van der Waals surface area contributed by atoms with Crippen LogP contribution in [0.1, 0.15) is 25.1 Å². The standard InChI is InChI=1S/C13H16ClN3S/c1-4-10-8(3)16-13(17-12(10)15-5-2)11-6-9(14)7-18-11/h6-7H,4-5H2,1-3H3,(H,15,16,17). The van der Waals surface area contributed by atoms with Gasteiger partial charge in [0.1, 0.15) is 5.82 Å². The zero-order valence-corrected chi connectivity index (χ0v) is 12.3. The topological polar surface area (TPSA) is 37.8 Å². The molecule has 0 unspecified atom stereocenters. The average Bonchev–Trinajstić information content (AvgIpc) is 2.76. The number of aryl methyl sites for hydroxylation is 1. The van der Waals surface area contributed by atoms with Crippen molar-refractivity contribution in [2.24, 2.45) is 0 Å². The van der Waals surface area contributed by atoms with Gasteiger partial charge in [-0.05, 0) is 26.3 Å². The van der Waals surface area contributed by atoms with Crippen molar-refractivity contribution in [1.82, 2.24) is 9.97 Å². The highest BCUT2D eigenvalue weighted by atomic mass is 35.5. The zero-order valence-electron chi connectivity index (χ0n) is 10.7. The predicted octanol–water partition coefficient (Wildman–Crippen LogP) is 4.16. The Hall–Kier alpha value is -1.13. The van der Waals surface area contributed by atoms with E-state index in [0.717, 1.165) is 40.2 Å². The number of aromatic nitrogens is 2. The van der Waals surface area contributed by atoms with Crippen LogP contribution in [0.5, 0.6) is 0 Å². The summed E-state index contributed by atoms with van der Waals surface area (Å²) in [6, 6.07) is 1.91. The second kappa shape index (κ2) is 5.67. The first kappa shape index (κ1) is 13.3. The van der Waals surface area contributed by atoms with Gasteiger partial charge in [-0.2, -0.15) is 0 Å². The minimum atomic E-state index is 0.737. The van der Waals surface area contributed by atoms with Gasteiger partial charge in [-0.25, -0.2) is 9.97 Å². The Kier molecular flexibility index (Phi) is 4.19. The summed E-state index contributed by atoms with van der Waals surface area (Å²) < 4.78 is 0. The molecule has 0 saturated carbocycles. The summed E-state index contributed by atoms with van der Waals surface area (Å²) >= 11 is 7.52. The number of hydrogen-bond acceptors (Lipinski definition) is 4. The zero-order chi connectivity index (χ0) is 13.1. The molecule has 0 atom stereocenters. The Labute approximate surface area is 116 Å². The van der Waals surface area contributed by atoms with Crippen LogP contribution in [0.3, 0.4) is 0 Å². The van der Waals surface area contributed by atoms with Crippen molar-refractivity contribution in [2.45, 2.75) is 27.2 Å². The molecular formula is C13H16ClN3S. The van der Waals surface area contributed by atoms with Crippen LogP contribution in [0.15, 0.2) is 11.4 Å². The first-order valence-corrected chi connectivity index (χ1v) is 7.27. The molecule has 96 valence electrons. The van der Waals surface area contributed by atoms with E-state index in [1.807, 2.05) is 18.4 Å². The largest absolute Gasteiger partial charge is 0.370 e. The number of hydrogen-bond donors (Lipinski definition) is 1. The molecule has 0 bridgehead atoms. The summed E-state index contributed by atoms with van der Waals surface area (Å²) in [6.07, 6.45) is 0.930. The number of halogens is 1. The highest BCUT2D eigenvalue weighted by molar-refractivity contribution is 7.14. The third-order valence-corrected chi connectivity index (χ3v) is 3.97. The van der Waals surface area contributed by atoms with Crippen molar-refractivity contribution in [3.05, 3.63) is 27.7 Å². The van der Waals surface area contributed by atoms with E-state index in [1.54, 1.807) is 11.3 Å². The van der Waals surface area contributed by atoms with Gasteiger partial charge in [0.25, 0.3) is 0 Å². The number of thiophene rings is 1. The SMILES string of the molecule is CCNc1nc(-c2cc(Cl)cs2)nc(C)c1CC. The van der Waals surface area contributed by atoms with Crippen LogP contribution in [0.25, 0.3) is 10.7 Å². The molecule has 0 aliphatic carbocycles. The van der Waals surface area contributed by atoms with Crippen molar-refractivity contribution in [2.75, 3.05) is 11.9 Å². The van der Waals surface area contributed by atoms with E-state index in [4.69, 9.17) is 11.6 Å². The lowest BCUT2D eigenvalue weighted by Gasteiger charge is -2.12. The third-order valence-electron chi connectivity index (χ3n) is 2.70. The molecule has 0 amide bonds. The Balaban J connectivity index is 2.50. The molecule has 1 N–H and O–H groups in total. The fraction of sp³-hybridized carbons (Fsp3) is 0.385. The highest BCUT2D eigenvalue weighted by Crippen LogP contribution is 2.29.